The van der Waals surface area contributed by atoms with Crippen LogP contribution in [0.25, 0.3) is 10.2 Å². The molecule has 0 saturated heterocycles. The van der Waals surface area contributed by atoms with Crippen LogP contribution >= 0.6 is 39.0 Å². The van der Waals surface area contributed by atoms with Crippen LogP contribution in [0.2, 0.25) is 0 Å². The average Bonchev–Trinajstić information content (AvgIpc) is 2.89. The number of nitrogen functional groups attached to an aromatic ring is 1. The number of thiazole rings is 1. The number of nitrogens with zero attached hydrogens (tertiary/aromatic N) is 3. The Kier molecular flexibility index (Phi) is 3.74. The van der Waals surface area contributed by atoms with E-state index in [4.69, 9.17) is 5.73 Å². The highest BCUT2D eigenvalue weighted by atomic mass is 79.9. The van der Waals surface area contributed by atoms with Crippen LogP contribution < -0.4 is 5.73 Å². The molecule has 0 aliphatic heterocycles. The van der Waals surface area contributed by atoms with Gasteiger partial charge in [-0.05, 0) is 41.1 Å². The van der Waals surface area contributed by atoms with Gasteiger partial charge < -0.3 is 5.73 Å². The first-order valence-electron chi connectivity index (χ1n) is 6.01. The molecule has 3 rings (SSSR count). The smallest absolute Gasteiger partial charge is 0.151 e. The number of rotatable bonds is 3. The Labute approximate surface area is 133 Å². The highest BCUT2D eigenvalue weighted by Crippen LogP contribution is 2.34. The van der Waals surface area contributed by atoms with E-state index in [1.807, 2.05) is 36.9 Å². The molecule has 0 bridgehead atoms. The minimum atomic E-state index is 0.780. The third-order valence-corrected chi connectivity index (χ3v) is 6.19. The lowest BCUT2D eigenvalue weighted by Crippen LogP contribution is -1.96. The number of aromatic nitrogens is 3. The zero-order valence-corrected chi connectivity index (χ0v) is 14.3. The van der Waals surface area contributed by atoms with E-state index in [0.29, 0.717) is 0 Å². The first-order chi connectivity index (χ1) is 9.54. The summed E-state index contributed by atoms with van der Waals surface area (Å²) in [4.78, 5) is 4.62. The lowest BCUT2D eigenvalue weighted by Gasteiger charge is -2.00. The van der Waals surface area contributed by atoms with Gasteiger partial charge in [0.05, 0.1) is 26.1 Å². The van der Waals surface area contributed by atoms with Gasteiger partial charge in [-0.25, -0.2) is 4.98 Å². The Morgan fingerprint density at radius 3 is 2.95 bits per heavy atom. The molecule has 2 N–H and O–H groups in total. The minimum absolute atomic E-state index is 0.780. The molecule has 0 radical (unpaired) electrons. The van der Waals surface area contributed by atoms with Gasteiger partial charge in [-0.15, -0.1) is 11.3 Å². The number of halogens is 1. The summed E-state index contributed by atoms with van der Waals surface area (Å²) in [6, 6.07) is 5.83. The van der Waals surface area contributed by atoms with Crippen LogP contribution in [-0.2, 0) is 12.8 Å². The molecule has 20 heavy (non-hydrogen) atoms. The minimum Gasteiger partial charge on any atom is -0.399 e. The van der Waals surface area contributed by atoms with Crippen molar-refractivity contribution in [1.29, 1.82) is 0 Å². The van der Waals surface area contributed by atoms with Crippen LogP contribution in [0.1, 0.15) is 11.4 Å². The molecule has 2 heterocycles. The highest BCUT2D eigenvalue weighted by molar-refractivity contribution is 9.10. The van der Waals surface area contributed by atoms with E-state index in [2.05, 4.69) is 26.0 Å². The molecule has 3 aromatic rings. The summed E-state index contributed by atoms with van der Waals surface area (Å²) in [6.07, 6.45) is 0. The number of benzene rings is 1. The van der Waals surface area contributed by atoms with Crippen molar-refractivity contribution in [2.45, 2.75) is 17.0 Å². The second-order valence-electron chi connectivity index (χ2n) is 4.47. The van der Waals surface area contributed by atoms with Crippen LogP contribution in [-0.4, -0.2) is 14.8 Å². The topological polar surface area (TPSA) is 56.7 Å². The Bertz CT molecular complexity index is 778. The molecular formula is C13H13BrN4S2. The van der Waals surface area contributed by atoms with Gasteiger partial charge in [0, 0.05) is 18.5 Å². The maximum Gasteiger partial charge on any atom is 0.151 e. The molecular weight excluding hydrogens is 356 g/mol. The van der Waals surface area contributed by atoms with E-state index in [1.54, 1.807) is 23.1 Å². The zero-order valence-electron chi connectivity index (χ0n) is 11.1. The summed E-state index contributed by atoms with van der Waals surface area (Å²) in [7, 11) is 1.96. The van der Waals surface area contributed by atoms with Crippen LogP contribution in [0, 0.1) is 6.92 Å². The quantitative estimate of drug-likeness (QED) is 0.561. The lowest BCUT2D eigenvalue weighted by molar-refractivity contribution is 0.727. The van der Waals surface area contributed by atoms with Gasteiger partial charge in [-0.1, -0.05) is 11.8 Å². The first kappa shape index (κ1) is 13.9. The van der Waals surface area contributed by atoms with E-state index >= 15 is 0 Å². The Hall–Kier alpha value is -1.05. The Morgan fingerprint density at radius 1 is 1.45 bits per heavy atom. The van der Waals surface area contributed by atoms with Crippen molar-refractivity contribution >= 4 is 54.9 Å². The number of fused-ring (bicyclic) bond motifs is 1. The van der Waals surface area contributed by atoms with Gasteiger partial charge in [-0.3, -0.25) is 4.68 Å². The summed E-state index contributed by atoms with van der Waals surface area (Å²) in [5, 5.41) is 4.40. The van der Waals surface area contributed by atoms with E-state index in [9.17, 15) is 0 Å². The molecule has 1 aromatic carbocycles. The summed E-state index contributed by atoms with van der Waals surface area (Å²) in [5.41, 5.74) is 9.77. The Morgan fingerprint density at radius 2 is 2.25 bits per heavy atom. The maximum atomic E-state index is 5.79. The number of hydrogen-bond acceptors (Lipinski definition) is 5. The molecule has 104 valence electrons. The van der Waals surface area contributed by atoms with Crippen LogP contribution in [0.4, 0.5) is 5.69 Å². The average molecular weight is 369 g/mol. The van der Waals surface area contributed by atoms with E-state index in [1.165, 1.54) is 5.69 Å². The molecule has 0 aliphatic rings. The third kappa shape index (κ3) is 2.57. The van der Waals surface area contributed by atoms with E-state index < -0.39 is 0 Å². The molecule has 0 amide bonds. The fourth-order valence-electron chi connectivity index (χ4n) is 1.95. The molecule has 0 atom stereocenters. The normalized spacial score (nSPS) is 11.3. The van der Waals surface area contributed by atoms with Crippen molar-refractivity contribution in [1.82, 2.24) is 14.8 Å². The second-order valence-corrected chi connectivity index (χ2v) is 7.51. The third-order valence-electron chi connectivity index (χ3n) is 2.99. The van der Waals surface area contributed by atoms with Gasteiger partial charge in [0.2, 0.25) is 0 Å². The molecule has 0 fully saturated rings. The molecule has 0 unspecified atom stereocenters. The number of hydrogen-bond donors (Lipinski definition) is 1. The summed E-state index contributed by atoms with van der Waals surface area (Å²) in [6.45, 7) is 2.00. The van der Waals surface area contributed by atoms with Crippen molar-refractivity contribution in [3.63, 3.8) is 0 Å². The van der Waals surface area contributed by atoms with E-state index in [-0.39, 0.29) is 0 Å². The van der Waals surface area contributed by atoms with Gasteiger partial charge in [0.15, 0.2) is 4.34 Å². The number of anilines is 1. The maximum absolute atomic E-state index is 5.79. The molecule has 0 spiro atoms. The second kappa shape index (κ2) is 5.38. The molecule has 2 aromatic heterocycles. The molecule has 0 aliphatic carbocycles. The number of nitrogens with two attached hydrogens (primary N) is 1. The summed E-state index contributed by atoms with van der Waals surface area (Å²) in [5.74, 6) is 0.841. The van der Waals surface area contributed by atoms with Gasteiger partial charge in [-0.2, -0.15) is 5.10 Å². The zero-order chi connectivity index (χ0) is 14.3. The number of aryl methyl sites for hydroxylation is 2. The standard InChI is InChI=1S/C13H13BrN4S2/c1-7-12(14)10(18(2)17-7)6-19-13-16-9-4-3-8(15)5-11(9)20-13/h3-5H,6,15H2,1-2H3. The lowest BCUT2D eigenvalue weighted by atomic mass is 10.3. The van der Waals surface area contributed by atoms with Crippen LogP contribution in [0.15, 0.2) is 27.0 Å². The van der Waals surface area contributed by atoms with Gasteiger partial charge >= 0.3 is 0 Å². The summed E-state index contributed by atoms with van der Waals surface area (Å²) >= 11 is 6.99. The van der Waals surface area contributed by atoms with Crippen molar-refractivity contribution in [3.8, 4) is 0 Å². The van der Waals surface area contributed by atoms with Crippen molar-refractivity contribution in [3.05, 3.63) is 34.1 Å². The molecule has 4 nitrogen and oxygen atoms in total. The van der Waals surface area contributed by atoms with Crippen LogP contribution in [0.5, 0.6) is 0 Å². The molecule has 0 saturated carbocycles. The van der Waals surface area contributed by atoms with Gasteiger partial charge in [0.25, 0.3) is 0 Å². The number of thioether (sulfide) groups is 1. The predicted molar refractivity (Wildman–Crippen MR) is 89.2 cm³/mol. The Balaban J connectivity index is 1.83. The van der Waals surface area contributed by atoms with E-state index in [0.717, 1.165) is 36.2 Å². The van der Waals surface area contributed by atoms with Crippen molar-refractivity contribution in [2.75, 3.05) is 5.73 Å². The van der Waals surface area contributed by atoms with Crippen molar-refractivity contribution in [2.24, 2.45) is 7.05 Å². The monoisotopic (exact) mass is 368 g/mol. The molecule has 7 heteroatoms. The largest absolute Gasteiger partial charge is 0.399 e. The fourth-order valence-corrected chi connectivity index (χ4v) is 4.79. The first-order valence-corrected chi connectivity index (χ1v) is 8.61. The van der Waals surface area contributed by atoms with Gasteiger partial charge in [0.1, 0.15) is 0 Å². The SMILES string of the molecule is Cc1nn(C)c(CSc2nc3ccc(N)cc3s2)c1Br. The van der Waals surface area contributed by atoms with Crippen LogP contribution in [0.3, 0.4) is 0 Å². The fraction of sp³-hybridized carbons (Fsp3) is 0.231. The predicted octanol–water partition coefficient (Wildman–Crippen LogP) is 3.98. The highest BCUT2D eigenvalue weighted by Gasteiger charge is 2.12. The summed E-state index contributed by atoms with van der Waals surface area (Å²) < 4.78 is 5.18. The van der Waals surface area contributed by atoms with Crippen molar-refractivity contribution < 1.29 is 0 Å².